The number of ether oxygens (including phenoxy) is 1. The number of nitro groups is 1. The van der Waals surface area contributed by atoms with E-state index in [2.05, 4.69) is 10.3 Å². The lowest BCUT2D eigenvalue weighted by molar-refractivity contribution is -0.530. The quantitative estimate of drug-likeness (QED) is 0.323. The van der Waals surface area contributed by atoms with Gasteiger partial charge in [0.1, 0.15) is 17.5 Å². The van der Waals surface area contributed by atoms with Gasteiger partial charge in [0.05, 0.1) is 6.04 Å². The van der Waals surface area contributed by atoms with Gasteiger partial charge in [-0.2, -0.15) is 0 Å². The second-order valence-electron chi connectivity index (χ2n) is 5.70. The molecule has 0 saturated heterocycles. The highest BCUT2D eigenvalue weighted by Gasteiger charge is 2.26. The standard InChI is InChI=1S/C17H16Cl2N4O6/c18-15(19)10-3-5-11(6-4-10)16(25)21-13(9-29-17(26)22-23(27)28)14(24)12-2-1-7-20-8-12/h1-8,13-15,24H,9H2,(H,21,25)(H,22,26). The molecule has 0 aliphatic carbocycles. The third kappa shape index (κ3) is 6.86. The first-order valence-electron chi connectivity index (χ1n) is 8.12. The van der Waals surface area contributed by atoms with Gasteiger partial charge in [-0.05, 0) is 29.2 Å². The number of amides is 2. The van der Waals surface area contributed by atoms with Crippen molar-refractivity contribution in [1.29, 1.82) is 0 Å². The van der Waals surface area contributed by atoms with Crippen LogP contribution >= 0.6 is 23.2 Å². The average Bonchev–Trinajstić information content (AvgIpc) is 2.70. The molecular formula is C17H16Cl2N4O6. The number of aliphatic hydroxyl groups is 1. The maximum atomic E-state index is 12.5. The van der Waals surface area contributed by atoms with Gasteiger partial charge in [-0.15, -0.1) is 23.2 Å². The van der Waals surface area contributed by atoms with Crippen molar-refractivity contribution < 1.29 is 24.5 Å². The first kappa shape index (κ1) is 22.3. The molecule has 0 radical (unpaired) electrons. The third-order valence-corrected chi connectivity index (χ3v) is 4.23. The van der Waals surface area contributed by atoms with E-state index >= 15 is 0 Å². The zero-order valence-electron chi connectivity index (χ0n) is 14.7. The Kier molecular flexibility index (Phi) is 8.13. The Morgan fingerprint density at radius 1 is 1.21 bits per heavy atom. The molecule has 0 spiro atoms. The summed E-state index contributed by atoms with van der Waals surface area (Å²) in [5.74, 6) is -0.580. The van der Waals surface area contributed by atoms with Gasteiger partial charge in [-0.25, -0.2) is 14.9 Å². The van der Waals surface area contributed by atoms with Crippen molar-refractivity contribution in [3.63, 3.8) is 0 Å². The van der Waals surface area contributed by atoms with E-state index in [4.69, 9.17) is 27.9 Å². The molecule has 2 unspecified atom stereocenters. The van der Waals surface area contributed by atoms with Crippen molar-refractivity contribution in [3.05, 3.63) is 75.6 Å². The smallest absolute Gasteiger partial charge is 0.444 e. The molecule has 1 aromatic carbocycles. The number of pyridine rings is 1. The van der Waals surface area contributed by atoms with Gasteiger partial charge in [-0.3, -0.25) is 9.78 Å². The van der Waals surface area contributed by atoms with E-state index in [0.717, 1.165) is 0 Å². The normalized spacial score (nSPS) is 12.7. The lowest BCUT2D eigenvalue weighted by Gasteiger charge is -2.24. The van der Waals surface area contributed by atoms with Crippen LogP contribution in [0.5, 0.6) is 0 Å². The van der Waals surface area contributed by atoms with Crippen LogP contribution in [0.2, 0.25) is 0 Å². The number of benzene rings is 1. The van der Waals surface area contributed by atoms with Crippen LogP contribution < -0.4 is 10.7 Å². The first-order valence-corrected chi connectivity index (χ1v) is 9.00. The molecule has 0 bridgehead atoms. The molecule has 2 rings (SSSR count). The van der Waals surface area contributed by atoms with E-state index in [1.807, 2.05) is 0 Å². The number of hydrazine groups is 1. The number of aromatic nitrogens is 1. The number of halogens is 2. The summed E-state index contributed by atoms with van der Waals surface area (Å²) in [5, 5.41) is 22.3. The highest BCUT2D eigenvalue weighted by atomic mass is 35.5. The van der Waals surface area contributed by atoms with E-state index in [1.54, 1.807) is 24.3 Å². The van der Waals surface area contributed by atoms with Crippen molar-refractivity contribution in [2.45, 2.75) is 17.0 Å². The van der Waals surface area contributed by atoms with Crippen LogP contribution in [0.25, 0.3) is 0 Å². The number of hydrogen-bond acceptors (Lipinski definition) is 7. The molecule has 0 aliphatic rings. The topological polar surface area (TPSA) is 144 Å². The number of hydrogen-bond donors (Lipinski definition) is 3. The predicted molar refractivity (Wildman–Crippen MR) is 103 cm³/mol. The number of aliphatic hydroxyl groups excluding tert-OH is 1. The summed E-state index contributed by atoms with van der Waals surface area (Å²) in [7, 11) is 0. The van der Waals surface area contributed by atoms with Gasteiger partial charge in [-0.1, -0.05) is 18.2 Å². The van der Waals surface area contributed by atoms with Crippen molar-refractivity contribution in [3.8, 4) is 0 Å². The van der Waals surface area contributed by atoms with E-state index in [1.165, 1.54) is 30.0 Å². The minimum absolute atomic E-state index is 0.237. The van der Waals surface area contributed by atoms with Crippen LogP contribution in [0.15, 0.2) is 48.8 Å². The van der Waals surface area contributed by atoms with Gasteiger partial charge >= 0.3 is 6.09 Å². The number of carbonyl (C=O) groups excluding carboxylic acids is 2. The summed E-state index contributed by atoms with van der Waals surface area (Å²) in [5.41, 5.74) is 2.48. The number of rotatable bonds is 8. The fourth-order valence-corrected chi connectivity index (χ4v) is 2.59. The van der Waals surface area contributed by atoms with Gasteiger partial charge in [0, 0.05) is 23.5 Å². The summed E-state index contributed by atoms with van der Waals surface area (Å²) < 4.78 is 4.72. The second kappa shape index (κ2) is 10.6. The molecule has 0 aliphatic heterocycles. The lowest BCUT2D eigenvalue weighted by Crippen LogP contribution is -2.44. The average molecular weight is 443 g/mol. The Hall–Kier alpha value is -2.95. The zero-order valence-corrected chi connectivity index (χ0v) is 16.2. The van der Waals surface area contributed by atoms with Crippen LogP contribution in [-0.2, 0) is 4.74 Å². The largest absolute Gasteiger partial charge is 0.465 e. The highest BCUT2D eigenvalue weighted by Crippen LogP contribution is 2.24. The summed E-state index contributed by atoms with van der Waals surface area (Å²) in [4.78, 5) is 37.3. The maximum absolute atomic E-state index is 12.5. The van der Waals surface area contributed by atoms with Crippen molar-refractivity contribution in [1.82, 2.24) is 15.7 Å². The first-order chi connectivity index (χ1) is 13.8. The molecular weight excluding hydrogens is 427 g/mol. The minimum atomic E-state index is -1.34. The Morgan fingerprint density at radius 3 is 2.45 bits per heavy atom. The Bertz CT molecular complexity index is 851. The third-order valence-electron chi connectivity index (χ3n) is 3.72. The monoisotopic (exact) mass is 442 g/mol. The van der Waals surface area contributed by atoms with Gasteiger partial charge < -0.3 is 15.2 Å². The summed E-state index contributed by atoms with van der Waals surface area (Å²) >= 11 is 11.5. The molecule has 29 heavy (non-hydrogen) atoms. The Labute approximate surface area is 174 Å². The summed E-state index contributed by atoms with van der Waals surface area (Å²) in [6.45, 7) is -0.537. The SMILES string of the molecule is O=C(N[N+](=O)[O-])OCC(NC(=O)c1ccc(C(Cl)Cl)cc1)C(O)c1cccnc1. The zero-order chi connectivity index (χ0) is 21.4. The minimum Gasteiger partial charge on any atom is -0.444 e. The van der Waals surface area contributed by atoms with Crippen LogP contribution in [0.1, 0.15) is 32.4 Å². The Morgan fingerprint density at radius 2 is 1.90 bits per heavy atom. The van der Waals surface area contributed by atoms with Crippen molar-refractivity contribution in [2.24, 2.45) is 0 Å². The van der Waals surface area contributed by atoms with Crippen LogP contribution in [0.3, 0.4) is 0 Å². The molecule has 154 valence electrons. The fourth-order valence-electron chi connectivity index (χ4n) is 2.30. The van der Waals surface area contributed by atoms with E-state index in [-0.39, 0.29) is 5.56 Å². The van der Waals surface area contributed by atoms with Crippen LogP contribution in [-0.4, -0.2) is 39.8 Å². The molecule has 0 fully saturated rings. The molecule has 0 saturated carbocycles. The molecule has 10 nitrogen and oxygen atoms in total. The Balaban J connectivity index is 2.13. The number of carbonyl (C=O) groups is 2. The summed E-state index contributed by atoms with van der Waals surface area (Å²) in [6, 6.07) is 8.11. The van der Waals surface area contributed by atoms with Gasteiger partial charge in [0.2, 0.25) is 0 Å². The van der Waals surface area contributed by atoms with Gasteiger partial charge in [0.25, 0.3) is 5.91 Å². The molecule has 1 heterocycles. The van der Waals surface area contributed by atoms with Crippen LogP contribution in [0.4, 0.5) is 4.79 Å². The maximum Gasteiger partial charge on any atom is 0.465 e. The van der Waals surface area contributed by atoms with E-state index in [0.29, 0.717) is 11.1 Å². The summed E-state index contributed by atoms with van der Waals surface area (Å²) in [6.07, 6.45) is 0.224. The number of alkyl halides is 2. The fraction of sp³-hybridized carbons (Fsp3) is 0.235. The van der Waals surface area contributed by atoms with E-state index in [9.17, 15) is 24.8 Å². The molecule has 1 aromatic heterocycles. The van der Waals surface area contributed by atoms with E-state index < -0.39 is 40.6 Å². The van der Waals surface area contributed by atoms with Crippen LogP contribution in [0, 0.1) is 10.1 Å². The highest BCUT2D eigenvalue weighted by molar-refractivity contribution is 6.44. The molecule has 2 atom stereocenters. The van der Waals surface area contributed by atoms with Crippen molar-refractivity contribution in [2.75, 3.05) is 6.61 Å². The molecule has 2 aromatic rings. The van der Waals surface area contributed by atoms with Gasteiger partial charge in [0.15, 0.2) is 5.03 Å². The molecule has 3 N–H and O–H groups in total. The number of nitrogens with one attached hydrogen (secondary N) is 2. The van der Waals surface area contributed by atoms with Crippen molar-refractivity contribution >= 4 is 35.2 Å². The molecule has 2 amide bonds. The predicted octanol–water partition coefficient (Wildman–Crippen LogP) is 2.31. The second-order valence-corrected chi connectivity index (χ2v) is 6.80. The lowest BCUT2D eigenvalue weighted by atomic mass is 10.0. The molecule has 12 heteroatoms. The number of nitrogens with zero attached hydrogens (tertiary/aromatic N) is 2.